The van der Waals surface area contributed by atoms with Crippen LogP contribution < -0.4 is 0 Å². The SMILES string of the molecule is B[C@@H]1O[C@H](CC)[C@H](C)C1CC. The third-order valence-electron chi connectivity index (χ3n) is 3.13. The Morgan fingerprint density at radius 2 is 1.91 bits per heavy atom. The van der Waals surface area contributed by atoms with E-state index in [1.54, 1.807) is 0 Å². The minimum Gasteiger partial charge on any atom is -0.383 e. The standard InChI is InChI=1S/C9H19BO/c1-4-7-6(3)8(5-2)11-9(7)10/h6-9H,4-5,10H2,1-3H3/t6-,7?,8-,9-/m1/s1. The molecule has 1 fully saturated rings. The Bertz CT molecular complexity index is 127. The molecular weight excluding hydrogens is 135 g/mol. The lowest BCUT2D eigenvalue weighted by atomic mass is 9.78. The van der Waals surface area contributed by atoms with Crippen molar-refractivity contribution >= 4 is 7.85 Å². The Hall–Kier alpha value is 0.0249. The molecule has 1 unspecified atom stereocenters. The maximum atomic E-state index is 5.83. The van der Waals surface area contributed by atoms with E-state index in [2.05, 4.69) is 28.6 Å². The van der Waals surface area contributed by atoms with Gasteiger partial charge in [-0.25, -0.2) is 0 Å². The van der Waals surface area contributed by atoms with Gasteiger partial charge in [0.05, 0.1) is 6.10 Å². The number of hydrogen-bond donors (Lipinski definition) is 0. The minimum atomic E-state index is 0.486. The van der Waals surface area contributed by atoms with Crippen LogP contribution in [0.25, 0.3) is 0 Å². The quantitative estimate of drug-likeness (QED) is 0.546. The van der Waals surface area contributed by atoms with Crippen LogP contribution in [0.2, 0.25) is 0 Å². The van der Waals surface area contributed by atoms with Gasteiger partial charge in [0.1, 0.15) is 7.85 Å². The molecule has 11 heavy (non-hydrogen) atoms. The van der Waals surface area contributed by atoms with Gasteiger partial charge in [0, 0.05) is 6.00 Å². The van der Waals surface area contributed by atoms with Crippen LogP contribution in [0.4, 0.5) is 0 Å². The molecule has 1 nitrogen and oxygen atoms in total. The monoisotopic (exact) mass is 154 g/mol. The van der Waals surface area contributed by atoms with Crippen molar-refractivity contribution in [2.24, 2.45) is 11.8 Å². The summed E-state index contributed by atoms with van der Waals surface area (Å²) in [4.78, 5) is 0. The van der Waals surface area contributed by atoms with Gasteiger partial charge in [-0.1, -0.05) is 27.2 Å². The van der Waals surface area contributed by atoms with E-state index in [-0.39, 0.29) is 0 Å². The average molecular weight is 154 g/mol. The molecule has 0 aromatic heterocycles. The van der Waals surface area contributed by atoms with Crippen LogP contribution >= 0.6 is 0 Å². The second-order valence-electron chi connectivity index (χ2n) is 3.72. The van der Waals surface area contributed by atoms with Gasteiger partial charge in [-0.3, -0.25) is 0 Å². The van der Waals surface area contributed by atoms with Crippen LogP contribution in [0.15, 0.2) is 0 Å². The highest BCUT2D eigenvalue weighted by Crippen LogP contribution is 2.34. The van der Waals surface area contributed by atoms with E-state index in [0.29, 0.717) is 12.1 Å². The maximum Gasteiger partial charge on any atom is 0.139 e. The van der Waals surface area contributed by atoms with Crippen LogP contribution in [-0.2, 0) is 4.74 Å². The molecule has 0 aromatic carbocycles. The predicted octanol–water partition coefficient (Wildman–Crippen LogP) is 1.42. The van der Waals surface area contributed by atoms with Gasteiger partial charge in [0.25, 0.3) is 0 Å². The van der Waals surface area contributed by atoms with Gasteiger partial charge in [0.15, 0.2) is 0 Å². The minimum absolute atomic E-state index is 0.486. The van der Waals surface area contributed by atoms with Crippen molar-refractivity contribution in [3.05, 3.63) is 0 Å². The first kappa shape index (κ1) is 9.12. The molecular formula is C9H19BO. The molecule has 0 radical (unpaired) electrons. The van der Waals surface area contributed by atoms with Crippen LogP contribution in [0, 0.1) is 11.8 Å². The van der Waals surface area contributed by atoms with Crippen molar-refractivity contribution in [2.75, 3.05) is 0 Å². The Kier molecular flexibility index (Phi) is 3.00. The molecule has 0 saturated carbocycles. The summed E-state index contributed by atoms with van der Waals surface area (Å²) in [6.45, 7) is 6.80. The molecule has 0 aromatic rings. The Balaban J connectivity index is 2.55. The van der Waals surface area contributed by atoms with E-state index in [1.165, 1.54) is 12.8 Å². The second-order valence-corrected chi connectivity index (χ2v) is 3.72. The molecule has 0 bridgehead atoms. The van der Waals surface area contributed by atoms with Crippen molar-refractivity contribution in [3.63, 3.8) is 0 Å². The molecule has 1 heterocycles. The molecule has 4 atom stereocenters. The molecule has 0 N–H and O–H groups in total. The number of rotatable bonds is 2. The second kappa shape index (κ2) is 3.62. The van der Waals surface area contributed by atoms with Gasteiger partial charge < -0.3 is 4.74 Å². The summed E-state index contributed by atoms with van der Waals surface area (Å²) in [6.07, 6.45) is 2.95. The Morgan fingerprint density at radius 3 is 2.18 bits per heavy atom. The van der Waals surface area contributed by atoms with Crippen molar-refractivity contribution in [1.29, 1.82) is 0 Å². The maximum absolute atomic E-state index is 5.83. The van der Waals surface area contributed by atoms with Crippen molar-refractivity contribution < 1.29 is 4.74 Å². The molecule has 0 aliphatic carbocycles. The predicted molar refractivity (Wildman–Crippen MR) is 50.4 cm³/mol. The topological polar surface area (TPSA) is 9.23 Å². The van der Waals surface area contributed by atoms with Gasteiger partial charge in [-0.15, -0.1) is 0 Å². The molecule has 1 rings (SSSR count). The normalized spacial score (nSPS) is 44.6. The first-order chi connectivity index (χ1) is 5.20. The zero-order chi connectivity index (χ0) is 8.43. The largest absolute Gasteiger partial charge is 0.383 e. The Morgan fingerprint density at radius 1 is 1.27 bits per heavy atom. The van der Waals surface area contributed by atoms with Crippen LogP contribution in [0.3, 0.4) is 0 Å². The summed E-state index contributed by atoms with van der Waals surface area (Å²) in [5.74, 6) is 1.56. The zero-order valence-electron chi connectivity index (χ0n) is 8.13. The molecule has 1 saturated heterocycles. The van der Waals surface area contributed by atoms with Crippen molar-refractivity contribution in [1.82, 2.24) is 0 Å². The van der Waals surface area contributed by atoms with E-state index >= 15 is 0 Å². The van der Waals surface area contributed by atoms with E-state index in [4.69, 9.17) is 4.74 Å². The average Bonchev–Trinajstić information content (AvgIpc) is 2.26. The van der Waals surface area contributed by atoms with Crippen LogP contribution in [0.5, 0.6) is 0 Å². The molecule has 0 spiro atoms. The Labute approximate surface area is 70.9 Å². The lowest BCUT2D eigenvalue weighted by molar-refractivity contribution is 0.0692. The summed E-state index contributed by atoms with van der Waals surface area (Å²) >= 11 is 0. The van der Waals surface area contributed by atoms with E-state index in [1.807, 2.05) is 0 Å². The van der Waals surface area contributed by atoms with Gasteiger partial charge in [0.2, 0.25) is 0 Å². The highest BCUT2D eigenvalue weighted by molar-refractivity contribution is 6.11. The fourth-order valence-corrected chi connectivity index (χ4v) is 2.38. The number of hydrogen-bond acceptors (Lipinski definition) is 1. The first-order valence-corrected chi connectivity index (χ1v) is 4.86. The van der Waals surface area contributed by atoms with Gasteiger partial charge >= 0.3 is 0 Å². The van der Waals surface area contributed by atoms with Crippen LogP contribution in [0.1, 0.15) is 33.6 Å². The van der Waals surface area contributed by atoms with Gasteiger partial charge in [-0.2, -0.15) is 0 Å². The van der Waals surface area contributed by atoms with E-state index < -0.39 is 0 Å². The summed E-state index contributed by atoms with van der Waals surface area (Å²) < 4.78 is 5.83. The summed E-state index contributed by atoms with van der Waals surface area (Å²) in [5, 5.41) is 0. The van der Waals surface area contributed by atoms with Crippen LogP contribution in [-0.4, -0.2) is 20.0 Å². The summed E-state index contributed by atoms with van der Waals surface area (Å²) in [5.41, 5.74) is 0. The fraction of sp³-hybridized carbons (Fsp3) is 1.00. The highest BCUT2D eigenvalue weighted by Gasteiger charge is 2.36. The molecule has 1 aliphatic rings. The summed E-state index contributed by atoms with van der Waals surface area (Å²) in [6, 6.07) is 0.486. The van der Waals surface area contributed by atoms with Crippen molar-refractivity contribution in [3.8, 4) is 0 Å². The third-order valence-corrected chi connectivity index (χ3v) is 3.13. The third kappa shape index (κ3) is 1.61. The lowest BCUT2D eigenvalue weighted by Gasteiger charge is -2.16. The molecule has 1 aliphatic heterocycles. The molecule has 2 heteroatoms. The zero-order valence-corrected chi connectivity index (χ0v) is 8.13. The lowest BCUT2D eigenvalue weighted by Crippen LogP contribution is -2.18. The number of ether oxygens (including phenoxy) is 1. The molecule has 64 valence electrons. The first-order valence-electron chi connectivity index (χ1n) is 4.86. The summed E-state index contributed by atoms with van der Waals surface area (Å²) in [7, 11) is 2.21. The van der Waals surface area contributed by atoms with E-state index in [0.717, 1.165) is 11.8 Å². The highest BCUT2D eigenvalue weighted by atomic mass is 16.5. The fourth-order valence-electron chi connectivity index (χ4n) is 2.38. The molecule has 0 amide bonds. The van der Waals surface area contributed by atoms with Gasteiger partial charge in [-0.05, 0) is 18.3 Å². The smallest absolute Gasteiger partial charge is 0.139 e. The van der Waals surface area contributed by atoms with E-state index in [9.17, 15) is 0 Å². The van der Waals surface area contributed by atoms with Crippen molar-refractivity contribution in [2.45, 2.75) is 45.7 Å².